The lowest BCUT2D eigenvalue weighted by atomic mass is 10.1. The molecule has 0 aromatic heterocycles. The summed E-state index contributed by atoms with van der Waals surface area (Å²) in [7, 11) is 3.33. The van der Waals surface area contributed by atoms with E-state index in [1.807, 2.05) is 30.3 Å². The Morgan fingerprint density at radius 3 is 2.36 bits per heavy atom. The maximum Gasteiger partial charge on any atom is 0.258 e. The highest BCUT2D eigenvalue weighted by molar-refractivity contribution is 6.05. The van der Waals surface area contributed by atoms with Gasteiger partial charge in [0.25, 0.3) is 5.91 Å². The van der Waals surface area contributed by atoms with Gasteiger partial charge in [0, 0.05) is 37.6 Å². The van der Waals surface area contributed by atoms with Crippen LogP contribution in [0.3, 0.4) is 0 Å². The third kappa shape index (κ3) is 5.61. The SMILES string of the molecule is COCCNC(=O)CNc1ccc(C(=O)N(C)c2ccccc2)cc1. The van der Waals surface area contributed by atoms with Crippen LogP contribution in [0.1, 0.15) is 10.4 Å². The lowest BCUT2D eigenvalue weighted by Crippen LogP contribution is -2.32. The Morgan fingerprint density at radius 1 is 1.04 bits per heavy atom. The first-order valence-corrected chi connectivity index (χ1v) is 8.04. The Balaban J connectivity index is 1.89. The van der Waals surface area contributed by atoms with Gasteiger partial charge in [-0.15, -0.1) is 0 Å². The van der Waals surface area contributed by atoms with E-state index in [0.29, 0.717) is 18.7 Å². The van der Waals surface area contributed by atoms with E-state index < -0.39 is 0 Å². The standard InChI is InChI=1S/C19H23N3O3/c1-22(17-6-4-3-5-7-17)19(24)15-8-10-16(11-9-15)21-14-18(23)20-12-13-25-2/h3-11,21H,12-14H2,1-2H3,(H,20,23). The highest BCUT2D eigenvalue weighted by atomic mass is 16.5. The van der Waals surface area contributed by atoms with Gasteiger partial charge < -0.3 is 20.3 Å². The Labute approximate surface area is 147 Å². The van der Waals surface area contributed by atoms with Crippen molar-refractivity contribution < 1.29 is 14.3 Å². The fourth-order valence-electron chi connectivity index (χ4n) is 2.23. The first-order chi connectivity index (χ1) is 12.1. The van der Waals surface area contributed by atoms with Gasteiger partial charge in [-0.2, -0.15) is 0 Å². The molecule has 2 rings (SSSR count). The number of nitrogens with one attached hydrogen (secondary N) is 2. The summed E-state index contributed by atoms with van der Waals surface area (Å²) in [5.41, 5.74) is 2.20. The molecule has 2 aromatic rings. The zero-order chi connectivity index (χ0) is 18.1. The number of anilines is 2. The number of carbonyl (C=O) groups excluding carboxylic acids is 2. The van der Waals surface area contributed by atoms with E-state index in [1.54, 1.807) is 43.3 Å². The molecule has 0 unspecified atom stereocenters. The molecule has 0 saturated heterocycles. The number of hydrogen-bond acceptors (Lipinski definition) is 4. The molecule has 0 aliphatic rings. The quantitative estimate of drug-likeness (QED) is 0.722. The molecular weight excluding hydrogens is 318 g/mol. The first-order valence-electron chi connectivity index (χ1n) is 8.04. The van der Waals surface area contributed by atoms with Crippen molar-refractivity contribution >= 4 is 23.2 Å². The van der Waals surface area contributed by atoms with Gasteiger partial charge in [-0.1, -0.05) is 18.2 Å². The van der Waals surface area contributed by atoms with Gasteiger partial charge in [0.1, 0.15) is 0 Å². The maximum absolute atomic E-state index is 12.5. The molecule has 0 bridgehead atoms. The Kier molecular flexibility index (Phi) is 6.98. The maximum atomic E-state index is 12.5. The van der Waals surface area contributed by atoms with E-state index >= 15 is 0 Å². The average Bonchev–Trinajstić information content (AvgIpc) is 2.66. The normalized spacial score (nSPS) is 10.2. The van der Waals surface area contributed by atoms with Crippen LogP contribution < -0.4 is 15.5 Å². The number of amides is 2. The molecule has 0 aliphatic carbocycles. The number of methoxy groups -OCH3 is 1. The number of ether oxygens (including phenoxy) is 1. The van der Waals surface area contributed by atoms with Gasteiger partial charge in [-0.05, 0) is 36.4 Å². The third-order valence-electron chi connectivity index (χ3n) is 3.66. The van der Waals surface area contributed by atoms with Crippen LogP contribution in [0, 0.1) is 0 Å². The zero-order valence-corrected chi connectivity index (χ0v) is 14.5. The Hall–Kier alpha value is -2.86. The molecule has 132 valence electrons. The summed E-state index contributed by atoms with van der Waals surface area (Å²) < 4.78 is 4.87. The molecule has 0 aliphatic heterocycles. The average molecular weight is 341 g/mol. The highest BCUT2D eigenvalue weighted by Crippen LogP contribution is 2.16. The summed E-state index contributed by atoms with van der Waals surface area (Å²) in [5.74, 6) is -0.198. The summed E-state index contributed by atoms with van der Waals surface area (Å²) >= 11 is 0. The second-order valence-electron chi connectivity index (χ2n) is 5.47. The number of rotatable bonds is 8. The van der Waals surface area contributed by atoms with E-state index in [4.69, 9.17) is 4.74 Å². The van der Waals surface area contributed by atoms with Gasteiger partial charge >= 0.3 is 0 Å². The van der Waals surface area contributed by atoms with Crippen LogP contribution in [-0.4, -0.2) is 45.7 Å². The van der Waals surface area contributed by atoms with E-state index in [0.717, 1.165) is 11.4 Å². The lowest BCUT2D eigenvalue weighted by molar-refractivity contribution is -0.119. The van der Waals surface area contributed by atoms with Crippen LogP contribution in [0.15, 0.2) is 54.6 Å². The van der Waals surface area contributed by atoms with Crippen LogP contribution in [0.2, 0.25) is 0 Å². The van der Waals surface area contributed by atoms with Gasteiger partial charge in [0.2, 0.25) is 5.91 Å². The second kappa shape index (κ2) is 9.44. The molecule has 6 nitrogen and oxygen atoms in total. The summed E-state index contributed by atoms with van der Waals surface area (Å²) in [5, 5.41) is 5.75. The van der Waals surface area contributed by atoms with Crippen molar-refractivity contribution in [3.8, 4) is 0 Å². The molecule has 2 aromatic carbocycles. The third-order valence-corrected chi connectivity index (χ3v) is 3.66. The van der Waals surface area contributed by atoms with Crippen LogP contribution in [0.5, 0.6) is 0 Å². The van der Waals surface area contributed by atoms with E-state index in [2.05, 4.69) is 10.6 Å². The van der Waals surface area contributed by atoms with Crippen LogP contribution in [-0.2, 0) is 9.53 Å². The largest absolute Gasteiger partial charge is 0.383 e. The fraction of sp³-hybridized carbons (Fsp3) is 0.263. The van der Waals surface area contributed by atoms with E-state index in [9.17, 15) is 9.59 Å². The van der Waals surface area contributed by atoms with Gasteiger partial charge in [-0.3, -0.25) is 9.59 Å². The number of hydrogen-bond donors (Lipinski definition) is 2. The molecule has 6 heteroatoms. The molecule has 25 heavy (non-hydrogen) atoms. The molecule has 0 fully saturated rings. The summed E-state index contributed by atoms with van der Waals surface area (Å²) in [4.78, 5) is 25.7. The van der Waals surface area contributed by atoms with Crippen LogP contribution >= 0.6 is 0 Å². The van der Waals surface area contributed by atoms with E-state index in [-0.39, 0.29) is 18.4 Å². The predicted molar refractivity (Wildman–Crippen MR) is 99.0 cm³/mol. The summed E-state index contributed by atoms with van der Waals surface area (Å²) in [6.07, 6.45) is 0. The van der Waals surface area contributed by atoms with Gasteiger partial charge in [-0.25, -0.2) is 0 Å². The lowest BCUT2D eigenvalue weighted by Gasteiger charge is -2.17. The van der Waals surface area contributed by atoms with Crippen LogP contribution in [0.4, 0.5) is 11.4 Å². The van der Waals surface area contributed by atoms with Crippen LogP contribution in [0.25, 0.3) is 0 Å². The summed E-state index contributed by atoms with van der Waals surface area (Å²) in [6.45, 7) is 1.13. The van der Waals surface area contributed by atoms with Crippen molar-refractivity contribution in [3.05, 3.63) is 60.2 Å². The number of benzene rings is 2. The fourth-order valence-corrected chi connectivity index (χ4v) is 2.23. The monoisotopic (exact) mass is 341 g/mol. The molecule has 0 heterocycles. The molecule has 0 radical (unpaired) electrons. The minimum absolute atomic E-state index is 0.0879. The Bertz CT molecular complexity index is 687. The molecule has 0 saturated carbocycles. The van der Waals surface area contributed by atoms with Crippen molar-refractivity contribution in [2.75, 3.05) is 44.1 Å². The zero-order valence-electron chi connectivity index (χ0n) is 14.5. The molecular formula is C19H23N3O3. The summed E-state index contributed by atoms with van der Waals surface area (Å²) in [6, 6.07) is 16.5. The van der Waals surface area contributed by atoms with Gasteiger partial charge in [0.15, 0.2) is 0 Å². The Morgan fingerprint density at radius 2 is 1.72 bits per heavy atom. The highest BCUT2D eigenvalue weighted by Gasteiger charge is 2.13. The van der Waals surface area contributed by atoms with Crippen molar-refractivity contribution in [2.45, 2.75) is 0 Å². The molecule has 0 spiro atoms. The minimum atomic E-state index is -0.110. The molecule has 0 atom stereocenters. The van der Waals surface area contributed by atoms with E-state index in [1.165, 1.54) is 0 Å². The van der Waals surface area contributed by atoms with Crippen molar-refractivity contribution in [3.63, 3.8) is 0 Å². The second-order valence-corrected chi connectivity index (χ2v) is 5.47. The molecule has 2 N–H and O–H groups in total. The number of nitrogens with zero attached hydrogens (tertiary/aromatic N) is 1. The minimum Gasteiger partial charge on any atom is -0.383 e. The number of carbonyl (C=O) groups is 2. The van der Waals surface area contributed by atoms with Gasteiger partial charge in [0.05, 0.1) is 13.2 Å². The smallest absolute Gasteiger partial charge is 0.258 e. The van der Waals surface area contributed by atoms with Crippen molar-refractivity contribution in [2.24, 2.45) is 0 Å². The molecule has 2 amide bonds. The van der Waals surface area contributed by atoms with Crippen molar-refractivity contribution in [1.29, 1.82) is 0 Å². The predicted octanol–water partition coefficient (Wildman–Crippen LogP) is 2.14. The number of para-hydroxylation sites is 1. The topological polar surface area (TPSA) is 70.7 Å². The first kappa shape index (κ1) is 18.5. The van der Waals surface area contributed by atoms with Crippen molar-refractivity contribution in [1.82, 2.24) is 5.32 Å².